The number of carbonyl (C=O) groups excluding carboxylic acids is 2. The van der Waals surface area contributed by atoms with E-state index >= 15 is 0 Å². The van der Waals surface area contributed by atoms with Gasteiger partial charge in [0, 0.05) is 0 Å². The molecule has 0 radical (unpaired) electrons. The molecule has 2 N–H and O–H groups in total. The van der Waals surface area contributed by atoms with Crippen LogP contribution in [0.3, 0.4) is 0 Å². The van der Waals surface area contributed by atoms with Gasteiger partial charge in [-0.25, -0.2) is 10.1 Å². The van der Waals surface area contributed by atoms with Crippen molar-refractivity contribution in [1.82, 2.24) is 10.1 Å². The van der Waals surface area contributed by atoms with E-state index < -0.39 is 35.7 Å². The molecule has 2 atom stereocenters. The Bertz CT molecular complexity index is 1420. The maximum Gasteiger partial charge on any atom is 0.258 e. The highest BCUT2D eigenvalue weighted by molar-refractivity contribution is 5.87. The van der Waals surface area contributed by atoms with Gasteiger partial charge in [-0.1, -0.05) is 119 Å². The van der Waals surface area contributed by atoms with Crippen molar-refractivity contribution in [3.8, 4) is 0 Å². The Morgan fingerprint density at radius 1 is 0.568 bits per heavy atom. The highest BCUT2D eigenvalue weighted by Crippen LogP contribution is 2.34. The molecule has 5 rings (SSSR count). The van der Waals surface area contributed by atoms with E-state index in [1.807, 2.05) is 125 Å². The fourth-order valence-electron chi connectivity index (χ4n) is 6.56. The molecule has 4 aromatic carbocycles. The van der Waals surface area contributed by atoms with Gasteiger partial charge in [-0.05, 0) is 75.6 Å². The first-order chi connectivity index (χ1) is 21.1. The summed E-state index contributed by atoms with van der Waals surface area (Å²) in [6, 6.07) is 30.1. The Morgan fingerprint density at radius 2 is 0.864 bits per heavy atom. The zero-order valence-electron chi connectivity index (χ0n) is 26.0. The second kappa shape index (κ2) is 13.6. The van der Waals surface area contributed by atoms with Crippen molar-refractivity contribution in [2.24, 2.45) is 0 Å². The summed E-state index contributed by atoms with van der Waals surface area (Å²) < 4.78 is 0. The Balaban J connectivity index is 1.39. The molecular weight excluding hydrogens is 548 g/mol. The Morgan fingerprint density at radius 3 is 1.14 bits per heavy atom. The molecule has 0 unspecified atom stereocenters. The molecule has 4 aromatic rings. The number of hydrogen-bond donors (Lipinski definition) is 2. The number of aryl methyl sites for hydroxylation is 4. The molecule has 1 aliphatic carbocycles. The Kier molecular flexibility index (Phi) is 9.62. The van der Waals surface area contributed by atoms with E-state index in [1.54, 1.807) is 0 Å². The molecule has 0 bridgehead atoms. The van der Waals surface area contributed by atoms with Crippen molar-refractivity contribution in [2.75, 3.05) is 0 Å². The van der Waals surface area contributed by atoms with Crippen LogP contribution in [0.5, 0.6) is 0 Å². The molecule has 0 aromatic heterocycles. The van der Waals surface area contributed by atoms with Crippen LogP contribution in [0.25, 0.3) is 0 Å². The van der Waals surface area contributed by atoms with Crippen LogP contribution in [0.2, 0.25) is 0 Å². The zero-order valence-corrected chi connectivity index (χ0v) is 26.0. The number of nitrogens with zero attached hydrogens (tertiary/aromatic N) is 2. The summed E-state index contributed by atoms with van der Waals surface area (Å²) >= 11 is 0. The summed E-state index contributed by atoms with van der Waals surface area (Å²) in [5.41, 5.74) is 7.36. The number of carbonyl (C=O) groups is 2. The van der Waals surface area contributed by atoms with Crippen LogP contribution in [0.4, 0.5) is 0 Å². The Hall–Kier alpha value is -4.26. The van der Waals surface area contributed by atoms with Crippen molar-refractivity contribution >= 4 is 11.8 Å². The highest BCUT2D eigenvalue weighted by atomic mass is 16.5. The maximum atomic E-state index is 14.1. The van der Waals surface area contributed by atoms with Gasteiger partial charge in [0.2, 0.25) is 0 Å². The Labute approximate surface area is 260 Å². The fourth-order valence-corrected chi connectivity index (χ4v) is 6.56. The standard InChI is InChI=1S/C38H42N2O4/c1-25-10-5-14-29(20-25)35(30-15-6-11-26(2)21-30)37(41)39(43)33-18-9-19-34(24-33)40(44)38(42)36(31-16-7-12-27(3)22-31)32-17-8-13-28(4)23-32/h5-8,10-17,20-23,33-36,43-44H,9,18-19,24H2,1-4H3/t33-,34-/m1/s1. The highest BCUT2D eigenvalue weighted by Gasteiger charge is 2.38. The molecule has 6 heteroatoms. The van der Waals surface area contributed by atoms with Crippen LogP contribution in [-0.2, 0) is 9.59 Å². The van der Waals surface area contributed by atoms with Gasteiger partial charge in [0.25, 0.3) is 11.8 Å². The van der Waals surface area contributed by atoms with Gasteiger partial charge < -0.3 is 0 Å². The van der Waals surface area contributed by atoms with E-state index in [9.17, 15) is 20.0 Å². The topological polar surface area (TPSA) is 81.1 Å². The minimum atomic E-state index is -0.681. The van der Waals surface area contributed by atoms with Gasteiger partial charge in [0.15, 0.2) is 0 Å². The normalized spacial score (nSPS) is 16.6. The molecular formula is C38H42N2O4. The first-order valence-corrected chi connectivity index (χ1v) is 15.4. The summed E-state index contributed by atoms with van der Waals surface area (Å²) in [4.78, 5) is 28.1. The van der Waals surface area contributed by atoms with Gasteiger partial charge in [-0.2, -0.15) is 0 Å². The molecule has 44 heavy (non-hydrogen) atoms. The lowest BCUT2D eigenvalue weighted by Gasteiger charge is -2.38. The molecule has 6 nitrogen and oxygen atoms in total. The maximum absolute atomic E-state index is 14.1. The van der Waals surface area contributed by atoms with Crippen molar-refractivity contribution in [3.63, 3.8) is 0 Å². The van der Waals surface area contributed by atoms with Gasteiger partial charge in [0.05, 0.1) is 23.9 Å². The molecule has 2 amide bonds. The van der Waals surface area contributed by atoms with E-state index in [2.05, 4.69) is 0 Å². The fraction of sp³-hybridized carbons (Fsp3) is 0.316. The van der Waals surface area contributed by atoms with Crippen molar-refractivity contribution < 1.29 is 20.0 Å². The van der Waals surface area contributed by atoms with Crippen LogP contribution >= 0.6 is 0 Å². The lowest BCUT2D eigenvalue weighted by molar-refractivity contribution is -0.195. The molecule has 0 heterocycles. The molecule has 228 valence electrons. The molecule has 0 aliphatic heterocycles. The second-order valence-corrected chi connectivity index (χ2v) is 12.4. The average Bonchev–Trinajstić information content (AvgIpc) is 3.01. The summed E-state index contributed by atoms with van der Waals surface area (Å²) in [6.07, 6.45) is 2.08. The molecule has 0 spiro atoms. The minimum Gasteiger partial charge on any atom is -0.286 e. The van der Waals surface area contributed by atoms with Crippen molar-refractivity contribution in [1.29, 1.82) is 0 Å². The quantitative estimate of drug-likeness (QED) is 0.163. The predicted molar refractivity (Wildman–Crippen MR) is 172 cm³/mol. The van der Waals surface area contributed by atoms with Gasteiger partial charge in [-0.15, -0.1) is 0 Å². The smallest absolute Gasteiger partial charge is 0.258 e. The summed E-state index contributed by atoms with van der Waals surface area (Å²) in [5, 5.41) is 24.6. The molecule has 1 saturated carbocycles. The number of rotatable bonds is 8. The largest absolute Gasteiger partial charge is 0.286 e. The average molecular weight is 591 g/mol. The third-order valence-electron chi connectivity index (χ3n) is 8.76. The van der Waals surface area contributed by atoms with E-state index in [0.717, 1.165) is 54.6 Å². The first-order valence-electron chi connectivity index (χ1n) is 15.4. The number of amides is 2. The van der Waals surface area contributed by atoms with E-state index in [4.69, 9.17) is 0 Å². The van der Waals surface area contributed by atoms with E-state index in [0.29, 0.717) is 19.3 Å². The second-order valence-electron chi connectivity index (χ2n) is 12.4. The lowest BCUT2D eigenvalue weighted by Crippen LogP contribution is -2.49. The molecule has 1 aliphatic rings. The van der Waals surface area contributed by atoms with Crippen LogP contribution in [-0.4, -0.2) is 44.4 Å². The predicted octanol–water partition coefficient (Wildman–Crippen LogP) is 7.63. The van der Waals surface area contributed by atoms with Crippen molar-refractivity contribution in [2.45, 2.75) is 77.3 Å². The third kappa shape index (κ3) is 6.93. The lowest BCUT2D eigenvalue weighted by atomic mass is 9.85. The molecule has 1 fully saturated rings. The van der Waals surface area contributed by atoms with Gasteiger partial charge >= 0.3 is 0 Å². The number of benzene rings is 4. The summed E-state index contributed by atoms with van der Waals surface area (Å²) in [5.74, 6) is -2.20. The van der Waals surface area contributed by atoms with Gasteiger partial charge in [-0.3, -0.25) is 20.0 Å². The minimum absolute atomic E-state index is 0.271. The first kappa shape index (κ1) is 31.2. The number of hydroxylamine groups is 4. The SMILES string of the molecule is Cc1cccc(C(C(=O)N(O)[C@@H]2CCC[C@@H](N(O)C(=O)C(c3cccc(C)c3)c3cccc(C)c3)C2)c2cccc(C)c2)c1. The van der Waals surface area contributed by atoms with E-state index in [-0.39, 0.29) is 6.42 Å². The van der Waals surface area contributed by atoms with Crippen LogP contribution in [0.15, 0.2) is 97.1 Å². The van der Waals surface area contributed by atoms with E-state index in [1.165, 1.54) is 0 Å². The van der Waals surface area contributed by atoms with Crippen LogP contribution in [0.1, 0.15) is 82.0 Å². The van der Waals surface area contributed by atoms with Crippen LogP contribution < -0.4 is 0 Å². The van der Waals surface area contributed by atoms with Crippen LogP contribution in [0, 0.1) is 27.7 Å². The zero-order chi connectivity index (χ0) is 31.4. The van der Waals surface area contributed by atoms with Gasteiger partial charge in [0.1, 0.15) is 0 Å². The van der Waals surface area contributed by atoms with Crippen molar-refractivity contribution in [3.05, 3.63) is 142 Å². The monoisotopic (exact) mass is 590 g/mol. The summed E-state index contributed by atoms with van der Waals surface area (Å²) in [7, 11) is 0. The summed E-state index contributed by atoms with van der Waals surface area (Å²) in [6.45, 7) is 7.93. The third-order valence-corrected chi connectivity index (χ3v) is 8.76. The number of hydrogen-bond acceptors (Lipinski definition) is 4. The molecule has 0 saturated heterocycles.